The van der Waals surface area contributed by atoms with E-state index in [-0.39, 0.29) is 11.1 Å². The van der Waals surface area contributed by atoms with Crippen LogP contribution in [0.15, 0.2) is 48.5 Å². The van der Waals surface area contributed by atoms with E-state index < -0.39 is 29.2 Å². The smallest absolute Gasteiger partial charge is 0.289 e. The second-order valence-electron chi connectivity index (χ2n) is 4.41. The fourth-order valence-electron chi connectivity index (χ4n) is 1.81. The van der Waals surface area contributed by atoms with E-state index in [4.69, 9.17) is 0 Å². The topological polar surface area (TPSA) is 17.1 Å². The molecule has 0 fully saturated rings. The third-order valence-corrected chi connectivity index (χ3v) is 2.88. The van der Waals surface area contributed by atoms with Crippen LogP contribution in [0.5, 0.6) is 0 Å². The number of allylic oxidation sites excluding steroid dienone is 1. The van der Waals surface area contributed by atoms with E-state index in [1.807, 2.05) is 0 Å². The first-order valence-electron chi connectivity index (χ1n) is 6.13. The van der Waals surface area contributed by atoms with Gasteiger partial charge in [0.2, 0.25) is 0 Å². The van der Waals surface area contributed by atoms with Crippen molar-refractivity contribution in [3.8, 4) is 0 Å². The molecule has 22 heavy (non-hydrogen) atoms. The maximum atomic E-state index is 13.0. The molecule has 1 nitrogen and oxygen atoms in total. The van der Waals surface area contributed by atoms with Crippen molar-refractivity contribution in [3.05, 3.63) is 76.9 Å². The van der Waals surface area contributed by atoms with Gasteiger partial charge in [-0.3, -0.25) is 4.79 Å². The molecule has 0 saturated carbocycles. The standard InChI is InChI=1S/C16H9F5O/c17-13-7-5-11(9-14(13)18)15(22)8-6-10-3-1-2-4-12(10)16(19,20)21/h1-9H/b8-6+. The van der Waals surface area contributed by atoms with E-state index in [0.717, 1.165) is 30.4 Å². The molecule has 2 aromatic carbocycles. The lowest BCUT2D eigenvalue weighted by Gasteiger charge is -2.09. The molecule has 0 bridgehead atoms. The number of halogens is 5. The molecule has 0 N–H and O–H groups in total. The Morgan fingerprint density at radius 1 is 0.955 bits per heavy atom. The average molecular weight is 312 g/mol. The molecular formula is C16H9F5O. The van der Waals surface area contributed by atoms with E-state index in [1.165, 1.54) is 18.2 Å². The van der Waals surface area contributed by atoms with Gasteiger partial charge in [0.25, 0.3) is 0 Å². The number of hydrogen-bond donors (Lipinski definition) is 0. The molecule has 0 atom stereocenters. The minimum Gasteiger partial charge on any atom is -0.289 e. The highest BCUT2D eigenvalue weighted by atomic mass is 19.4. The van der Waals surface area contributed by atoms with E-state index in [0.29, 0.717) is 6.07 Å². The third-order valence-electron chi connectivity index (χ3n) is 2.88. The Balaban J connectivity index is 2.29. The number of rotatable bonds is 3. The van der Waals surface area contributed by atoms with Crippen LogP contribution >= 0.6 is 0 Å². The van der Waals surface area contributed by atoms with Crippen LogP contribution in [0, 0.1) is 11.6 Å². The van der Waals surface area contributed by atoms with Crippen molar-refractivity contribution in [1.82, 2.24) is 0 Å². The van der Waals surface area contributed by atoms with E-state index in [9.17, 15) is 26.7 Å². The molecule has 0 heterocycles. The predicted octanol–water partition coefficient (Wildman–Crippen LogP) is 4.88. The predicted molar refractivity (Wildman–Crippen MR) is 71.2 cm³/mol. The first kappa shape index (κ1) is 15.9. The summed E-state index contributed by atoms with van der Waals surface area (Å²) >= 11 is 0. The summed E-state index contributed by atoms with van der Waals surface area (Å²) in [6, 6.07) is 7.26. The molecular weight excluding hydrogens is 303 g/mol. The zero-order valence-electron chi connectivity index (χ0n) is 11.0. The summed E-state index contributed by atoms with van der Waals surface area (Å²) in [6.07, 6.45) is -2.67. The molecule has 0 unspecified atom stereocenters. The Bertz CT molecular complexity index is 732. The van der Waals surface area contributed by atoms with Crippen LogP contribution < -0.4 is 0 Å². The van der Waals surface area contributed by atoms with Crippen molar-refractivity contribution in [2.75, 3.05) is 0 Å². The lowest BCUT2D eigenvalue weighted by molar-refractivity contribution is -0.137. The fraction of sp³-hybridized carbons (Fsp3) is 0.0625. The Kier molecular flexibility index (Phi) is 4.40. The number of carbonyl (C=O) groups is 1. The highest BCUT2D eigenvalue weighted by Crippen LogP contribution is 2.32. The molecule has 0 amide bonds. The number of hydrogen-bond acceptors (Lipinski definition) is 1. The van der Waals surface area contributed by atoms with Crippen LogP contribution in [-0.2, 0) is 6.18 Å². The molecule has 0 aliphatic rings. The highest BCUT2D eigenvalue weighted by molar-refractivity contribution is 6.06. The maximum absolute atomic E-state index is 13.0. The SMILES string of the molecule is O=C(/C=C/c1ccccc1C(F)(F)F)c1ccc(F)c(F)c1. The van der Waals surface area contributed by atoms with Gasteiger partial charge in [0.05, 0.1) is 5.56 Å². The normalized spacial score (nSPS) is 11.9. The van der Waals surface area contributed by atoms with Crippen molar-refractivity contribution < 1.29 is 26.7 Å². The Hall–Kier alpha value is -2.50. The largest absolute Gasteiger partial charge is 0.416 e. The number of benzene rings is 2. The van der Waals surface area contributed by atoms with Crippen molar-refractivity contribution in [3.63, 3.8) is 0 Å². The lowest BCUT2D eigenvalue weighted by atomic mass is 10.0. The van der Waals surface area contributed by atoms with Gasteiger partial charge in [0, 0.05) is 5.56 Å². The van der Waals surface area contributed by atoms with Crippen molar-refractivity contribution >= 4 is 11.9 Å². The van der Waals surface area contributed by atoms with Gasteiger partial charge in [-0.15, -0.1) is 0 Å². The molecule has 0 aliphatic heterocycles. The van der Waals surface area contributed by atoms with Gasteiger partial charge in [-0.05, 0) is 35.9 Å². The summed E-state index contributed by atoms with van der Waals surface area (Å²) in [4.78, 5) is 11.8. The second-order valence-corrected chi connectivity index (χ2v) is 4.41. The second kappa shape index (κ2) is 6.09. The molecule has 0 saturated heterocycles. The summed E-state index contributed by atoms with van der Waals surface area (Å²) in [6.45, 7) is 0. The first-order valence-corrected chi connectivity index (χ1v) is 6.13. The number of ketones is 1. The monoisotopic (exact) mass is 312 g/mol. The van der Waals surface area contributed by atoms with Crippen LogP contribution in [0.3, 0.4) is 0 Å². The lowest BCUT2D eigenvalue weighted by Crippen LogP contribution is -2.07. The van der Waals surface area contributed by atoms with Gasteiger partial charge in [-0.1, -0.05) is 24.3 Å². The molecule has 6 heteroatoms. The van der Waals surface area contributed by atoms with Crippen LogP contribution in [0.4, 0.5) is 22.0 Å². The van der Waals surface area contributed by atoms with Crippen LogP contribution in [0.25, 0.3) is 6.08 Å². The quantitative estimate of drug-likeness (QED) is 0.448. The van der Waals surface area contributed by atoms with Gasteiger partial charge < -0.3 is 0 Å². The van der Waals surface area contributed by atoms with Crippen LogP contribution in [-0.4, -0.2) is 5.78 Å². The van der Waals surface area contributed by atoms with Crippen LogP contribution in [0.2, 0.25) is 0 Å². The summed E-state index contributed by atoms with van der Waals surface area (Å²) in [7, 11) is 0. The zero-order chi connectivity index (χ0) is 16.3. The van der Waals surface area contributed by atoms with Crippen molar-refractivity contribution in [1.29, 1.82) is 0 Å². The zero-order valence-corrected chi connectivity index (χ0v) is 11.0. The summed E-state index contributed by atoms with van der Waals surface area (Å²) in [5.41, 5.74) is -1.23. The van der Waals surface area contributed by atoms with Gasteiger partial charge in [-0.2, -0.15) is 13.2 Å². The first-order chi connectivity index (χ1) is 10.3. The van der Waals surface area contributed by atoms with Gasteiger partial charge in [0.15, 0.2) is 17.4 Å². The number of carbonyl (C=O) groups excluding carboxylic acids is 1. The molecule has 114 valence electrons. The van der Waals surface area contributed by atoms with Gasteiger partial charge in [0.1, 0.15) is 0 Å². The summed E-state index contributed by atoms with van der Waals surface area (Å²) in [5, 5.41) is 0. The minimum atomic E-state index is -4.55. The fourth-order valence-corrected chi connectivity index (χ4v) is 1.81. The maximum Gasteiger partial charge on any atom is 0.416 e. The minimum absolute atomic E-state index is 0.153. The summed E-state index contributed by atoms with van der Waals surface area (Å²) in [5.74, 6) is -3.03. The Morgan fingerprint density at radius 2 is 1.64 bits per heavy atom. The van der Waals surface area contributed by atoms with Crippen molar-refractivity contribution in [2.45, 2.75) is 6.18 Å². The van der Waals surface area contributed by atoms with E-state index >= 15 is 0 Å². The van der Waals surface area contributed by atoms with Crippen LogP contribution in [0.1, 0.15) is 21.5 Å². The number of alkyl halides is 3. The summed E-state index contributed by atoms with van der Waals surface area (Å²) < 4.78 is 64.1. The molecule has 0 radical (unpaired) electrons. The molecule has 0 spiro atoms. The van der Waals surface area contributed by atoms with E-state index in [2.05, 4.69) is 0 Å². The van der Waals surface area contributed by atoms with E-state index in [1.54, 1.807) is 0 Å². The Labute approximate surface area is 122 Å². The van der Waals surface area contributed by atoms with Gasteiger partial charge >= 0.3 is 6.18 Å². The van der Waals surface area contributed by atoms with Gasteiger partial charge in [-0.25, -0.2) is 8.78 Å². The molecule has 2 aromatic rings. The molecule has 2 rings (SSSR count). The average Bonchev–Trinajstić information content (AvgIpc) is 2.47. The third kappa shape index (κ3) is 3.58. The molecule has 0 aromatic heterocycles. The highest BCUT2D eigenvalue weighted by Gasteiger charge is 2.32. The molecule has 0 aliphatic carbocycles. The van der Waals surface area contributed by atoms with Crippen molar-refractivity contribution in [2.24, 2.45) is 0 Å². The Morgan fingerprint density at radius 3 is 2.27 bits per heavy atom.